The van der Waals surface area contributed by atoms with Crippen LogP contribution in [0.5, 0.6) is 5.75 Å². The smallest absolute Gasteiger partial charge is 0.260 e. The van der Waals surface area contributed by atoms with Crippen molar-refractivity contribution in [3.05, 3.63) is 47.0 Å². The van der Waals surface area contributed by atoms with Crippen molar-refractivity contribution >= 4 is 23.3 Å². The van der Waals surface area contributed by atoms with Crippen LogP contribution in [0.25, 0.3) is 0 Å². The predicted octanol–water partition coefficient (Wildman–Crippen LogP) is 3.56. The molecule has 31 heavy (non-hydrogen) atoms. The molecule has 0 atom stereocenters. The van der Waals surface area contributed by atoms with Crippen molar-refractivity contribution in [3.63, 3.8) is 0 Å². The number of halogens is 1. The summed E-state index contributed by atoms with van der Waals surface area (Å²) in [6.07, 6.45) is 5.35. The van der Waals surface area contributed by atoms with Gasteiger partial charge in [0.1, 0.15) is 0 Å². The van der Waals surface area contributed by atoms with Gasteiger partial charge in [0.15, 0.2) is 24.0 Å². The average molecular weight is 427 g/mol. The predicted molar refractivity (Wildman–Crippen MR) is 113 cm³/mol. The number of piperidine rings is 1. The van der Waals surface area contributed by atoms with Gasteiger partial charge in [0.05, 0.1) is 11.1 Å². The molecule has 8 heteroatoms. The lowest BCUT2D eigenvalue weighted by Crippen LogP contribution is -2.40. The molecule has 1 aromatic carbocycles. The summed E-state index contributed by atoms with van der Waals surface area (Å²) in [5, 5.41) is 2.62. The summed E-state index contributed by atoms with van der Waals surface area (Å²) in [7, 11) is 0. The van der Waals surface area contributed by atoms with Crippen LogP contribution in [-0.2, 0) is 11.2 Å². The zero-order valence-electron chi connectivity index (χ0n) is 17.5. The molecule has 0 unspecified atom stereocenters. The lowest BCUT2D eigenvalue weighted by molar-refractivity contribution is -0.134. The number of Topliss-reactive ketones (excluding diaryl/α,β-unsaturated/α-hetero) is 1. The summed E-state index contributed by atoms with van der Waals surface area (Å²) < 4.78 is 19.8. The van der Waals surface area contributed by atoms with Crippen molar-refractivity contribution in [1.29, 1.82) is 0 Å². The van der Waals surface area contributed by atoms with Gasteiger partial charge in [0, 0.05) is 43.2 Å². The molecule has 4 rings (SSSR count). The number of nitrogens with zero attached hydrogens (tertiary/aromatic N) is 1. The van der Waals surface area contributed by atoms with Crippen LogP contribution in [0.3, 0.4) is 0 Å². The van der Waals surface area contributed by atoms with Crippen molar-refractivity contribution in [2.75, 3.05) is 25.0 Å². The second kappa shape index (κ2) is 8.91. The molecule has 164 valence electrons. The third kappa shape index (κ3) is 4.62. The highest BCUT2D eigenvalue weighted by Crippen LogP contribution is 2.26. The van der Waals surface area contributed by atoms with Gasteiger partial charge in [-0.2, -0.15) is 0 Å². The van der Waals surface area contributed by atoms with Crippen molar-refractivity contribution in [2.45, 2.75) is 39.0 Å². The van der Waals surface area contributed by atoms with Crippen LogP contribution in [0.2, 0.25) is 0 Å². The Hall–Kier alpha value is -3.16. The fourth-order valence-corrected chi connectivity index (χ4v) is 4.09. The van der Waals surface area contributed by atoms with Crippen LogP contribution in [-0.4, -0.2) is 47.2 Å². The van der Waals surface area contributed by atoms with Crippen molar-refractivity contribution in [2.24, 2.45) is 5.92 Å². The van der Waals surface area contributed by atoms with E-state index in [9.17, 15) is 18.8 Å². The molecule has 1 aliphatic heterocycles. The Morgan fingerprint density at radius 2 is 2.03 bits per heavy atom. The SMILES string of the molecule is CC1CCN(C(=O)COc2ccc(NC(=O)c3c[nH]c4c3C(=O)CCC4)cc2F)CC1. The standard InChI is InChI=1S/C23H26FN3O4/c1-14-7-9-27(10-8-14)21(29)13-31-20-6-5-15(11-17(20)24)26-23(30)16-12-25-18-3-2-4-19(28)22(16)18/h5-6,11-12,14,25H,2-4,7-10,13H2,1H3,(H,26,30). The van der Waals surface area contributed by atoms with E-state index in [1.54, 1.807) is 4.90 Å². The zero-order valence-corrected chi connectivity index (χ0v) is 17.5. The number of rotatable bonds is 5. The highest BCUT2D eigenvalue weighted by molar-refractivity contribution is 6.13. The summed E-state index contributed by atoms with van der Waals surface area (Å²) in [6, 6.07) is 4.03. The quantitative estimate of drug-likeness (QED) is 0.763. The summed E-state index contributed by atoms with van der Waals surface area (Å²) in [5.41, 5.74) is 1.70. The van der Waals surface area contributed by atoms with Gasteiger partial charge >= 0.3 is 0 Å². The molecule has 0 radical (unpaired) electrons. The fraction of sp³-hybridized carbons (Fsp3) is 0.435. The Morgan fingerprint density at radius 1 is 1.26 bits per heavy atom. The van der Waals surface area contributed by atoms with E-state index in [1.807, 2.05) is 0 Å². The molecule has 0 spiro atoms. The van der Waals surface area contributed by atoms with Crippen LogP contribution in [0.1, 0.15) is 59.0 Å². The molecule has 2 N–H and O–H groups in total. The van der Waals surface area contributed by atoms with E-state index in [1.165, 1.54) is 18.3 Å². The molecule has 7 nitrogen and oxygen atoms in total. The van der Waals surface area contributed by atoms with Gasteiger partial charge in [-0.1, -0.05) is 6.92 Å². The number of carbonyl (C=O) groups is 3. The second-order valence-corrected chi connectivity index (χ2v) is 8.28. The number of likely N-dealkylation sites (tertiary alicyclic amines) is 1. The normalized spacial score (nSPS) is 16.7. The molecule has 1 aromatic heterocycles. The summed E-state index contributed by atoms with van der Waals surface area (Å²) in [4.78, 5) is 41.8. The first kappa shape index (κ1) is 21.1. The number of ketones is 1. The van der Waals surface area contributed by atoms with Gasteiger partial charge in [-0.15, -0.1) is 0 Å². The maximum absolute atomic E-state index is 14.5. The maximum Gasteiger partial charge on any atom is 0.260 e. The van der Waals surface area contributed by atoms with Gasteiger partial charge < -0.3 is 19.9 Å². The number of hydrogen-bond donors (Lipinski definition) is 2. The number of nitrogens with one attached hydrogen (secondary N) is 2. The number of ether oxygens (including phenoxy) is 1. The van der Waals surface area contributed by atoms with E-state index in [2.05, 4.69) is 17.2 Å². The largest absolute Gasteiger partial charge is 0.481 e. The minimum absolute atomic E-state index is 0.0501. The number of hydrogen-bond acceptors (Lipinski definition) is 4. The van der Waals surface area contributed by atoms with Crippen LogP contribution < -0.4 is 10.1 Å². The summed E-state index contributed by atoms with van der Waals surface area (Å²) >= 11 is 0. The Labute approximate surface area is 180 Å². The summed E-state index contributed by atoms with van der Waals surface area (Å²) in [6.45, 7) is 3.33. The van der Waals surface area contributed by atoms with Crippen LogP contribution in [0.4, 0.5) is 10.1 Å². The van der Waals surface area contributed by atoms with E-state index in [-0.39, 0.29) is 35.3 Å². The van der Waals surface area contributed by atoms with Gasteiger partial charge in [-0.25, -0.2) is 4.39 Å². The van der Waals surface area contributed by atoms with Crippen LogP contribution >= 0.6 is 0 Å². The molecule has 1 fully saturated rings. The Kier molecular flexibility index (Phi) is 6.06. The average Bonchev–Trinajstić information content (AvgIpc) is 3.19. The third-order valence-corrected chi connectivity index (χ3v) is 5.99. The Morgan fingerprint density at radius 3 is 2.77 bits per heavy atom. The lowest BCUT2D eigenvalue weighted by Gasteiger charge is -2.30. The van der Waals surface area contributed by atoms with Gasteiger partial charge in [0.2, 0.25) is 0 Å². The van der Waals surface area contributed by atoms with Gasteiger partial charge in [-0.05, 0) is 43.7 Å². The maximum atomic E-state index is 14.5. The molecular formula is C23H26FN3O4. The number of anilines is 1. The molecule has 0 bridgehead atoms. The van der Waals surface area contributed by atoms with Crippen molar-refractivity contribution in [3.8, 4) is 5.75 Å². The van der Waals surface area contributed by atoms with E-state index in [0.717, 1.165) is 37.4 Å². The van der Waals surface area contributed by atoms with Crippen LogP contribution in [0, 0.1) is 11.7 Å². The number of aromatic amines is 1. The van der Waals surface area contributed by atoms with Crippen molar-refractivity contribution in [1.82, 2.24) is 9.88 Å². The number of aromatic nitrogens is 1. The minimum Gasteiger partial charge on any atom is -0.481 e. The fourth-order valence-electron chi connectivity index (χ4n) is 4.09. The third-order valence-electron chi connectivity index (χ3n) is 5.99. The molecule has 2 heterocycles. The zero-order chi connectivity index (χ0) is 22.0. The highest BCUT2D eigenvalue weighted by Gasteiger charge is 2.26. The molecular weight excluding hydrogens is 401 g/mol. The molecule has 0 saturated carbocycles. The first-order chi connectivity index (χ1) is 14.9. The van der Waals surface area contributed by atoms with E-state index in [4.69, 9.17) is 4.74 Å². The Bertz CT molecular complexity index is 1010. The van der Waals surface area contributed by atoms with E-state index >= 15 is 0 Å². The number of amides is 2. The highest BCUT2D eigenvalue weighted by atomic mass is 19.1. The number of H-pyrrole nitrogens is 1. The number of carbonyl (C=O) groups excluding carboxylic acids is 3. The lowest BCUT2D eigenvalue weighted by atomic mass is 9.93. The first-order valence-corrected chi connectivity index (χ1v) is 10.7. The number of benzene rings is 1. The van der Waals surface area contributed by atoms with Crippen LogP contribution in [0.15, 0.2) is 24.4 Å². The van der Waals surface area contributed by atoms with Gasteiger partial charge in [-0.3, -0.25) is 14.4 Å². The Balaban J connectivity index is 1.37. The molecule has 1 aliphatic carbocycles. The van der Waals surface area contributed by atoms with Gasteiger partial charge in [0.25, 0.3) is 11.8 Å². The molecule has 2 aliphatic rings. The number of aryl methyl sites for hydroxylation is 1. The van der Waals surface area contributed by atoms with Crippen molar-refractivity contribution < 1.29 is 23.5 Å². The first-order valence-electron chi connectivity index (χ1n) is 10.7. The monoisotopic (exact) mass is 427 g/mol. The molecule has 2 aromatic rings. The second-order valence-electron chi connectivity index (χ2n) is 8.28. The molecule has 1 saturated heterocycles. The van der Waals surface area contributed by atoms with E-state index in [0.29, 0.717) is 31.0 Å². The minimum atomic E-state index is -0.676. The van der Waals surface area contributed by atoms with E-state index < -0.39 is 11.7 Å². The number of fused-ring (bicyclic) bond motifs is 1. The molecule has 2 amide bonds. The summed E-state index contributed by atoms with van der Waals surface area (Å²) in [5.74, 6) is -0.813. The topological polar surface area (TPSA) is 91.5 Å².